The minimum atomic E-state index is -1.10. The van der Waals surface area contributed by atoms with Gasteiger partial charge in [-0.25, -0.2) is 9.18 Å². The van der Waals surface area contributed by atoms with Crippen LogP contribution in [0.3, 0.4) is 0 Å². The molecule has 136 valence electrons. The second-order valence-electron chi connectivity index (χ2n) is 5.20. The van der Waals surface area contributed by atoms with Gasteiger partial charge in [-0.2, -0.15) is 0 Å². The number of benzene rings is 2. The van der Waals surface area contributed by atoms with Gasteiger partial charge in [0.05, 0.1) is 5.02 Å². The van der Waals surface area contributed by atoms with Gasteiger partial charge in [-0.3, -0.25) is 4.79 Å². The molecule has 4 nitrogen and oxygen atoms in total. The molecule has 0 aliphatic carbocycles. The van der Waals surface area contributed by atoms with Gasteiger partial charge in [-0.15, -0.1) is 0 Å². The van der Waals surface area contributed by atoms with Crippen LogP contribution in [-0.4, -0.2) is 18.0 Å². The summed E-state index contributed by atoms with van der Waals surface area (Å²) < 4.78 is 18.6. The third-order valence-corrected chi connectivity index (χ3v) is 3.94. The highest BCUT2D eigenvalue weighted by molar-refractivity contribution is 6.35. The first-order valence-electron chi connectivity index (χ1n) is 7.36. The number of nitrogens with one attached hydrogen (secondary N) is 1. The standard InChI is InChI=1S/C18H13Cl3FNO3/c1-10(18(25)23-13-8-11(19)7-12(20)9-13)26-17(24)6-5-14-15(21)3-2-4-16(14)22/h2-10H,1H3,(H,23,25). The number of ether oxygens (including phenoxy) is 1. The van der Waals surface area contributed by atoms with E-state index in [1.807, 2.05) is 0 Å². The molecule has 2 aromatic rings. The third kappa shape index (κ3) is 5.73. The van der Waals surface area contributed by atoms with Crippen LogP contribution >= 0.6 is 34.8 Å². The molecule has 1 N–H and O–H groups in total. The van der Waals surface area contributed by atoms with E-state index < -0.39 is 23.8 Å². The van der Waals surface area contributed by atoms with E-state index in [0.29, 0.717) is 15.7 Å². The first-order chi connectivity index (χ1) is 12.3. The molecule has 0 spiro atoms. The van der Waals surface area contributed by atoms with Crippen molar-refractivity contribution in [1.29, 1.82) is 0 Å². The molecule has 1 atom stereocenters. The number of rotatable bonds is 5. The summed E-state index contributed by atoms with van der Waals surface area (Å²) in [6.45, 7) is 1.39. The van der Waals surface area contributed by atoms with Crippen LogP contribution in [0.2, 0.25) is 15.1 Å². The summed E-state index contributed by atoms with van der Waals surface area (Å²) in [7, 11) is 0. The lowest BCUT2D eigenvalue weighted by atomic mass is 10.2. The van der Waals surface area contributed by atoms with E-state index in [1.165, 1.54) is 49.4 Å². The second-order valence-corrected chi connectivity index (χ2v) is 6.48. The van der Waals surface area contributed by atoms with Crippen molar-refractivity contribution in [3.05, 3.63) is 68.9 Å². The van der Waals surface area contributed by atoms with Gasteiger partial charge >= 0.3 is 5.97 Å². The lowest BCUT2D eigenvalue weighted by Crippen LogP contribution is -2.29. The average molecular weight is 417 g/mol. The molecule has 0 bridgehead atoms. The Morgan fingerprint density at radius 2 is 1.81 bits per heavy atom. The molecule has 0 saturated heterocycles. The third-order valence-electron chi connectivity index (χ3n) is 3.18. The van der Waals surface area contributed by atoms with E-state index in [4.69, 9.17) is 39.5 Å². The molecule has 0 heterocycles. The largest absolute Gasteiger partial charge is 0.449 e. The Bertz CT molecular complexity index is 830. The number of esters is 1. The minimum absolute atomic E-state index is 0.0526. The predicted molar refractivity (Wildman–Crippen MR) is 101 cm³/mol. The fourth-order valence-electron chi connectivity index (χ4n) is 1.96. The number of anilines is 1. The van der Waals surface area contributed by atoms with Crippen molar-refractivity contribution in [2.45, 2.75) is 13.0 Å². The van der Waals surface area contributed by atoms with E-state index in [1.54, 1.807) is 0 Å². The normalized spacial score (nSPS) is 12.0. The molecule has 0 saturated carbocycles. The van der Waals surface area contributed by atoms with Gasteiger partial charge in [0.15, 0.2) is 6.10 Å². The van der Waals surface area contributed by atoms with Crippen molar-refractivity contribution >= 4 is 58.4 Å². The number of hydrogen-bond donors (Lipinski definition) is 1. The highest BCUT2D eigenvalue weighted by atomic mass is 35.5. The molecule has 0 aliphatic heterocycles. The Kier molecular flexibility index (Phi) is 7.03. The first-order valence-corrected chi connectivity index (χ1v) is 8.49. The molecule has 26 heavy (non-hydrogen) atoms. The average Bonchev–Trinajstić information content (AvgIpc) is 2.53. The van der Waals surface area contributed by atoms with Crippen molar-refractivity contribution in [3.63, 3.8) is 0 Å². The quantitative estimate of drug-likeness (QED) is 0.526. The molecule has 0 fully saturated rings. The van der Waals surface area contributed by atoms with Crippen LogP contribution in [0.1, 0.15) is 12.5 Å². The monoisotopic (exact) mass is 415 g/mol. The van der Waals surface area contributed by atoms with Crippen molar-refractivity contribution in [2.75, 3.05) is 5.32 Å². The Hall–Kier alpha value is -2.08. The lowest BCUT2D eigenvalue weighted by molar-refractivity contribution is -0.148. The SMILES string of the molecule is CC(OC(=O)C=Cc1c(F)cccc1Cl)C(=O)Nc1cc(Cl)cc(Cl)c1. The zero-order valence-electron chi connectivity index (χ0n) is 13.4. The van der Waals surface area contributed by atoms with Crippen molar-refractivity contribution in [3.8, 4) is 0 Å². The Morgan fingerprint density at radius 3 is 2.42 bits per heavy atom. The maximum Gasteiger partial charge on any atom is 0.331 e. The number of carbonyl (C=O) groups excluding carboxylic acids is 2. The Morgan fingerprint density at radius 1 is 1.15 bits per heavy atom. The molecule has 0 aliphatic rings. The first kappa shape index (κ1) is 20.2. The predicted octanol–water partition coefficient (Wildman–Crippen LogP) is 5.37. The van der Waals surface area contributed by atoms with E-state index >= 15 is 0 Å². The lowest BCUT2D eigenvalue weighted by Gasteiger charge is -2.13. The van der Waals surface area contributed by atoms with Crippen LogP contribution < -0.4 is 5.32 Å². The van der Waals surface area contributed by atoms with Crippen LogP contribution in [0.25, 0.3) is 6.08 Å². The molecule has 1 amide bonds. The van der Waals surface area contributed by atoms with Crippen LogP contribution in [0.5, 0.6) is 0 Å². The fourth-order valence-corrected chi connectivity index (χ4v) is 2.71. The minimum Gasteiger partial charge on any atom is -0.449 e. The maximum absolute atomic E-state index is 13.6. The molecule has 1 unspecified atom stereocenters. The summed E-state index contributed by atoms with van der Waals surface area (Å²) in [5.74, 6) is -1.98. The van der Waals surface area contributed by atoms with Crippen molar-refractivity contribution < 1.29 is 18.7 Å². The van der Waals surface area contributed by atoms with E-state index in [2.05, 4.69) is 5.32 Å². The van der Waals surface area contributed by atoms with Crippen LogP contribution in [0.4, 0.5) is 10.1 Å². The van der Waals surface area contributed by atoms with Crippen molar-refractivity contribution in [1.82, 2.24) is 0 Å². The van der Waals surface area contributed by atoms with E-state index in [-0.39, 0.29) is 10.6 Å². The van der Waals surface area contributed by atoms with Gasteiger partial charge in [0, 0.05) is 27.4 Å². The van der Waals surface area contributed by atoms with Gasteiger partial charge in [-0.05, 0) is 43.3 Å². The Balaban J connectivity index is 1.97. The summed E-state index contributed by atoms with van der Waals surface area (Å²) in [5.41, 5.74) is 0.417. The summed E-state index contributed by atoms with van der Waals surface area (Å²) in [5, 5.41) is 3.38. The topological polar surface area (TPSA) is 55.4 Å². The molecular formula is C18H13Cl3FNO3. The van der Waals surface area contributed by atoms with Crippen LogP contribution in [0.15, 0.2) is 42.5 Å². The van der Waals surface area contributed by atoms with E-state index in [9.17, 15) is 14.0 Å². The second kappa shape index (κ2) is 9.03. The van der Waals surface area contributed by atoms with Gasteiger partial charge in [0.25, 0.3) is 5.91 Å². The van der Waals surface area contributed by atoms with Crippen molar-refractivity contribution in [2.24, 2.45) is 0 Å². The zero-order chi connectivity index (χ0) is 19.3. The molecule has 0 radical (unpaired) electrons. The molecule has 0 aromatic heterocycles. The summed E-state index contributed by atoms with van der Waals surface area (Å²) in [6, 6.07) is 8.66. The van der Waals surface area contributed by atoms with Gasteiger partial charge < -0.3 is 10.1 Å². The van der Waals surface area contributed by atoms with Gasteiger partial charge in [0.2, 0.25) is 0 Å². The fraction of sp³-hybridized carbons (Fsp3) is 0.111. The molecule has 8 heteroatoms. The number of amides is 1. The highest BCUT2D eigenvalue weighted by Crippen LogP contribution is 2.23. The van der Waals surface area contributed by atoms with Crippen LogP contribution in [-0.2, 0) is 14.3 Å². The summed E-state index contributed by atoms with van der Waals surface area (Å²) in [6.07, 6.45) is 1.08. The number of carbonyl (C=O) groups is 2. The maximum atomic E-state index is 13.6. The molecule has 2 rings (SSSR count). The van der Waals surface area contributed by atoms with Gasteiger partial charge in [-0.1, -0.05) is 40.9 Å². The zero-order valence-corrected chi connectivity index (χ0v) is 15.7. The number of halogens is 4. The summed E-state index contributed by atoms with van der Waals surface area (Å²) >= 11 is 17.6. The van der Waals surface area contributed by atoms with Crippen LogP contribution in [0, 0.1) is 5.82 Å². The van der Waals surface area contributed by atoms with E-state index in [0.717, 1.165) is 6.08 Å². The summed E-state index contributed by atoms with van der Waals surface area (Å²) in [4.78, 5) is 23.9. The molecular weight excluding hydrogens is 404 g/mol. The Labute approximate surface area is 164 Å². The smallest absolute Gasteiger partial charge is 0.331 e. The highest BCUT2D eigenvalue weighted by Gasteiger charge is 2.17. The molecule has 2 aromatic carbocycles. The van der Waals surface area contributed by atoms with Gasteiger partial charge in [0.1, 0.15) is 5.82 Å². The number of hydrogen-bond acceptors (Lipinski definition) is 3.